The van der Waals surface area contributed by atoms with Gasteiger partial charge in [-0.25, -0.2) is 0 Å². The van der Waals surface area contributed by atoms with Crippen LogP contribution in [0.4, 0.5) is 5.69 Å². The molecule has 2 N–H and O–H groups in total. The van der Waals surface area contributed by atoms with Crippen molar-refractivity contribution in [1.82, 2.24) is 0 Å². The first-order valence-corrected chi connectivity index (χ1v) is 6.63. The third kappa shape index (κ3) is 1.47. The highest BCUT2D eigenvalue weighted by Crippen LogP contribution is 2.39. The van der Waals surface area contributed by atoms with Crippen LogP contribution in [0.1, 0.15) is 0 Å². The number of anilines is 1. The molecule has 0 spiro atoms. The van der Waals surface area contributed by atoms with E-state index in [1.165, 1.54) is 15.0 Å². The molecule has 68 valence electrons. The van der Waals surface area contributed by atoms with Gasteiger partial charge in [-0.05, 0) is 34.3 Å². The Morgan fingerprint density at radius 2 is 2.23 bits per heavy atom. The number of rotatable bonds is 1. The van der Waals surface area contributed by atoms with Gasteiger partial charge < -0.3 is 5.73 Å². The second kappa shape index (κ2) is 3.52. The zero-order chi connectivity index (χ0) is 9.42. The zero-order valence-electron chi connectivity index (χ0n) is 7.00. The van der Waals surface area contributed by atoms with Crippen LogP contribution in [-0.4, -0.2) is 6.26 Å². The summed E-state index contributed by atoms with van der Waals surface area (Å²) in [6.45, 7) is 0. The lowest BCUT2D eigenvalue weighted by atomic mass is 10.2. The van der Waals surface area contributed by atoms with E-state index in [4.69, 9.17) is 5.73 Å². The minimum Gasteiger partial charge on any atom is -0.398 e. The molecule has 0 atom stereocenters. The predicted octanol–water partition coefficient (Wildman–Crippen LogP) is 3.97. The largest absolute Gasteiger partial charge is 0.398 e. The Hall–Kier alpha value is -0.190. The van der Waals surface area contributed by atoms with E-state index in [0.29, 0.717) is 0 Å². The molecule has 0 unspecified atom stereocenters. The standard InChI is InChI=1S/C9H8BrNS2/c1-12-7-4-13-6-3-2-5(11)9(10)8(6)7/h2-4H,11H2,1H3. The second-order valence-corrected chi connectivity index (χ2v) is 5.20. The van der Waals surface area contributed by atoms with E-state index >= 15 is 0 Å². The summed E-state index contributed by atoms with van der Waals surface area (Å²) in [5, 5.41) is 3.41. The monoisotopic (exact) mass is 273 g/mol. The highest BCUT2D eigenvalue weighted by atomic mass is 79.9. The van der Waals surface area contributed by atoms with E-state index in [2.05, 4.69) is 33.6 Å². The van der Waals surface area contributed by atoms with Crippen LogP contribution in [-0.2, 0) is 0 Å². The summed E-state index contributed by atoms with van der Waals surface area (Å²) in [4.78, 5) is 1.29. The fraction of sp³-hybridized carbons (Fsp3) is 0.111. The van der Waals surface area contributed by atoms with Crippen LogP contribution >= 0.6 is 39.0 Å². The van der Waals surface area contributed by atoms with E-state index in [9.17, 15) is 0 Å². The van der Waals surface area contributed by atoms with E-state index in [0.717, 1.165) is 10.2 Å². The van der Waals surface area contributed by atoms with Crippen molar-refractivity contribution in [3.8, 4) is 0 Å². The molecule has 2 rings (SSSR count). The second-order valence-electron chi connectivity index (χ2n) is 2.65. The molecule has 0 aliphatic heterocycles. The number of thioether (sulfide) groups is 1. The molecule has 1 aromatic heterocycles. The number of hydrogen-bond acceptors (Lipinski definition) is 3. The van der Waals surface area contributed by atoms with Gasteiger partial charge in [0.05, 0.1) is 4.47 Å². The Labute approximate surface area is 93.4 Å². The van der Waals surface area contributed by atoms with Gasteiger partial charge >= 0.3 is 0 Å². The Balaban J connectivity index is 2.85. The third-order valence-electron chi connectivity index (χ3n) is 1.89. The molecule has 0 amide bonds. The lowest BCUT2D eigenvalue weighted by Gasteiger charge is -2.01. The average Bonchev–Trinajstić information content (AvgIpc) is 2.55. The Bertz CT molecular complexity index is 450. The molecule has 0 saturated carbocycles. The van der Waals surface area contributed by atoms with Crippen molar-refractivity contribution in [2.45, 2.75) is 4.90 Å². The summed E-state index contributed by atoms with van der Waals surface area (Å²) in [6, 6.07) is 4.01. The maximum atomic E-state index is 5.82. The molecule has 1 heterocycles. The number of nitrogens with two attached hydrogens (primary N) is 1. The van der Waals surface area contributed by atoms with Crippen molar-refractivity contribution in [1.29, 1.82) is 0 Å². The molecule has 13 heavy (non-hydrogen) atoms. The SMILES string of the molecule is CSc1csc2ccc(N)c(Br)c12. The van der Waals surface area contributed by atoms with Gasteiger partial charge in [0.15, 0.2) is 0 Å². The number of hydrogen-bond donors (Lipinski definition) is 1. The number of nitrogen functional groups attached to an aromatic ring is 1. The minimum atomic E-state index is 0.807. The molecular formula is C9H8BrNS2. The summed E-state index contributed by atoms with van der Waals surface area (Å²) in [7, 11) is 0. The first-order valence-electron chi connectivity index (χ1n) is 3.73. The van der Waals surface area contributed by atoms with E-state index in [1.54, 1.807) is 23.1 Å². The van der Waals surface area contributed by atoms with Crippen LogP contribution in [0, 0.1) is 0 Å². The first-order chi connectivity index (χ1) is 6.24. The topological polar surface area (TPSA) is 26.0 Å². The fourth-order valence-electron chi connectivity index (χ4n) is 1.23. The molecule has 0 radical (unpaired) electrons. The van der Waals surface area contributed by atoms with Gasteiger partial charge in [0, 0.05) is 26.0 Å². The van der Waals surface area contributed by atoms with Gasteiger partial charge in [-0.15, -0.1) is 23.1 Å². The average molecular weight is 274 g/mol. The van der Waals surface area contributed by atoms with Crippen LogP contribution in [0.25, 0.3) is 10.1 Å². The highest BCUT2D eigenvalue weighted by molar-refractivity contribution is 9.10. The van der Waals surface area contributed by atoms with Gasteiger partial charge in [0.1, 0.15) is 0 Å². The lowest BCUT2D eigenvalue weighted by Crippen LogP contribution is -1.85. The number of thiophene rings is 1. The number of halogens is 1. The van der Waals surface area contributed by atoms with Crippen LogP contribution in [0.15, 0.2) is 26.9 Å². The summed E-state index contributed by atoms with van der Waals surface area (Å²) >= 11 is 7.03. The molecule has 1 aromatic carbocycles. The normalized spacial score (nSPS) is 10.9. The first kappa shape index (κ1) is 9.37. The Kier molecular flexibility index (Phi) is 2.53. The van der Waals surface area contributed by atoms with Gasteiger partial charge in [-0.2, -0.15) is 0 Å². The molecule has 0 aliphatic rings. The Morgan fingerprint density at radius 1 is 1.46 bits per heavy atom. The highest BCUT2D eigenvalue weighted by Gasteiger charge is 2.08. The molecule has 1 nitrogen and oxygen atoms in total. The van der Waals surface area contributed by atoms with Crippen LogP contribution in [0.2, 0.25) is 0 Å². The minimum absolute atomic E-state index is 0.807. The summed E-state index contributed by atoms with van der Waals surface area (Å²) in [5.74, 6) is 0. The number of benzene rings is 1. The van der Waals surface area contributed by atoms with E-state index < -0.39 is 0 Å². The van der Waals surface area contributed by atoms with Crippen molar-refractivity contribution < 1.29 is 0 Å². The van der Waals surface area contributed by atoms with Crippen LogP contribution in [0.5, 0.6) is 0 Å². The van der Waals surface area contributed by atoms with Gasteiger partial charge in [-0.3, -0.25) is 0 Å². The van der Waals surface area contributed by atoms with Crippen molar-refractivity contribution in [3.63, 3.8) is 0 Å². The van der Waals surface area contributed by atoms with E-state index in [-0.39, 0.29) is 0 Å². The van der Waals surface area contributed by atoms with Gasteiger partial charge in [0.2, 0.25) is 0 Å². The fourth-order valence-corrected chi connectivity index (χ4v) is 3.89. The van der Waals surface area contributed by atoms with Crippen molar-refractivity contribution in [2.75, 3.05) is 12.0 Å². The summed E-state index contributed by atoms with van der Waals surface area (Å²) in [6.07, 6.45) is 2.08. The maximum absolute atomic E-state index is 5.82. The summed E-state index contributed by atoms with van der Waals surface area (Å²) < 4.78 is 2.31. The molecular weight excluding hydrogens is 266 g/mol. The summed E-state index contributed by atoms with van der Waals surface area (Å²) in [5.41, 5.74) is 6.62. The maximum Gasteiger partial charge on any atom is 0.0503 e. The molecule has 4 heteroatoms. The van der Waals surface area contributed by atoms with Crippen molar-refractivity contribution in [3.05, 3.63) is 22.0 Å². The molecule has 0 saturated heterocycles. The van der Waals surface area contributed by atoms with Crippen molar-refractivity contribution in [2.24, 2.45) is 0 Å². The Morgan fingerprint density at radius 3 is 2.92 bits per heavy atom. The molecule has 2 aromatic rings. The van der Waals surface area contributed by atoms with Crippen molar-refractivity contribution >= 4 is 54.8 Å². The molecule has 0 fully saturated rings. The quantitative estimate of drug-likeness (QED) is 0.629. The predicted molar refractivity (Wildman–Crippen MR) is 65.7 cm³/mol. The number of fused-ring (bicyclic) bond motifs is 1. The van der Waals surface area contributed by atoms with Crippen LogP contribution < -0.4 is 5.73 Å². The lowest BCUT2D eigenvalue weighted by molar-refractivity contribution is 1.63. The van der Waals surface area contributed by atoms with E-state index in [1.807, 2.05) is 6.07 Å². The van der Waals surface area contributed by atoms with Crippen LogP contribution in [0.3, 0.4) is 0 Å². The van der Waals surface area contributed by atoms with Gasteiger partial charge in [-0.1, -0.05) is 0 Å². The third-order valence-corrected chi connectivity index (χ3v) is 4.61. The zero-order valence-corrected chi connectivity index (χ0v) is 10.2. The smallest absolute Gasteiger partial charge is 0.0503 e. The van der Waals surface area contributed by atoms with Gasteiger partial charge in [0.25, 0.3) is 0 Å². The molecule has 0 bridgehead atoms. The molecule has 0 aliphatic carbocycles.